The van der Waals surface area contributed by atoms with E-state index < -0.39 is 17.9 Å². The summed E-state index contributed by atoms with van der Waals surface area (Å²) in [6, 6.07) is 15.9. The number of nitrogens with zero attached hydrogens (tertiary/aromatic N) is 1. The molecule has 0 unspecified atom stereocenters. The van der Waals surface area contributed by atoms with Crippen LogP contribution in [0.2, 0.25) is 0 Å². The highest BCUT2D eigenvalue weighted by molar-refractivity contribution is 7.99. The van der Waals surface area contributed by atoms with Gasteiger partial charge in [0.1, 0.15) is 6.04 Å². The fourth-order valence-electron chi connectivity index (χ4n) is 2.82. The predicted molar refractivity (Wildman–Crippen MR) is 101 cm³/mol. The third-order valence-corrected chi connectivity index (χ3v) is 5.32. The van der Waals surface area contributed by atoms with Crippen LogP contribution in [0, 0.1) is 0 Å². The third-order valence-electron chi connectivity index (χ3n) is 4.22. The summed E-state index contributed by atoms with van der Waals surface area (Å²) in [4.78, 5) is 39.4. The molecule has 0 aliphatic carbocycles. The Balaban J connectivity index is 1.48. The summed E-state index contributed by atoms with van der Waals surface area (Å²) in [5, 5.41) is 2.82. The van der Waals surface area contributed by atoms with E-state index in [0.29, 0.717) is 17.7 Å². The molecule has 6 heteroatoms. The Labute approximate surface area is 156 Å². The summed E-state index contributed by atoms with van der Waals surface area (Å²) >= 11 is 1.73. The molecule has 2 aromatic rings. The molecule has 0 saturated carbocycles. The van der Waals surface area contributed by atoms with Gasteiger partial charge in [-0.05, 0) is 43.4 Å². The Kier molecular flexibility index (Phi) is 5.73. The van der Waals surface area contributed by atoms with Crippen molar-refractivity contribution in [3.8, 4) is 0 Å². The zero-order chi connectivity index (χ0) is 18.5. The molecule has 0 spiro atoms. The standard InChI is InChI=1S/C20H20N2O3S/c1-14(22-19(24)16-10-5-6-11-17(16)20(22)25)18(23)21-12-7-13-26-15-8-3-2-4-9-15/h2-6,8-11,14H,7,12-13H2,1H3,(H,21,23)/t14-/m1/s1. The molecule has 0 bridgehead atoms. The highest BCUT2D eigenvalue weighted by Crippen LogP contribution is 2.24. The van der Waals surface area contributed by atoms with Crippen LogP contribution in [0.3, 0.4) is 0 Å². The molecular formula is C20H20N2O3S. The second-order valence-corrected chi connectivity index (χ2v) is 7.18. The van der Waals surface area contributed by atoms with Crippen molar-refractivity contribution in [2.45, 2.75) is 24.3 Å². The van der Waals surface area contributed by atoms with Crippen molar-refractivity contribution >= 4 is 29.5 Å². The van der Waals surface area contributed by atoms with E-state index in [4.69, 9.17) is 0 Å². The Bertz CT molecular complexity index is 788. The molecule has 1 aliphatic rings. The molecule has 1 aliphatic heterocycles. The lowest BCUT2D eigenvalue weighted by Gasteiger charge is -2.21. The lowest BCUT2D eigenvalue weighted by Crippen LogP contribution is -2.48. The van der Waals surface area contributed by atoms with E-state index in [1.165, 1.54) is 4.90 Å². The summed E-state index contributed by atoms with van der Waals surface area (Å²) in [5.41, 5.74) is 0.716. The normalized spacial score (nSPS) is 14.3. The smallest absolute Gasteiger partial charge is 0.262 e. The van der Waals surface area contributed by atoms with Crippen molar-refractivity contribution < 1.29 is 14.4 Å². The number of benzene rings is 2. The number of amides is 3. The van der Waals surface area contributed by atoms with E-state index in [9.17, 15) is 14.4 Å². The molecule has 0 saturated heterocycles. The lowest BCUT2D eigenvalue weighted by atomic mass is 10.1. The van der Waals surface area contributed by atoms with Gasteiger partial charge in [0, 0.05) is 11.4 Å². The molecule has 0 radical (unpaired) electrons. The van der Waals surface area contributed by atoms with Crippen molar-refractivity contribution in [3.63, 3.8) is 0 Å². The van der Waals surface area contributed by atoms with E-state index in [1.807, 2.05) is 30.3 Å². The number of rotatable bonds is 7. The molecular weight excluding hydrogens is 348 g/mol. The summed E-state index contributed by atoms with van der Waals surface area (Å²) in [6.45, 7) is 2.09. The first kappa shape index (κ1) is 18.2. The highest BCUT2D eigenvalue weighted by atomic mass is 32.2. The van der Waals surface area contributed by atoms with E-state index in [-0.39, 0.29) is 5.91 Å². The number of carbonyl (C=O) groups excluding carboxylic acids is 3. The molecule has 3 rings (SSSR count). The van der Waals surface area contributed by atoms with Crippen LogP contribution in [0.4, 0.5) is 0 Å². The molecule has 1 heterocycles. The fraction of sp³-hybridized carbons (Fsp3) is 0.250. The number of thioether (sulfide) groups is 1. The Hall–Kier alpha value is -2.60. The zero-order valence-electron chi connectivity index (χ0n) is 14.5. The maximum atomic E-state index is 12.4. The summed E-state index contributed by atoms with van der Waals surface area (Å²) in [7, 11) is 0. The number of fused-ring (bicyclic) bond motifs is 1. The minimum absolute atomic E-state index is 0.316. The van der Waals surface area contributed by atoms with Crippen LogP contribution in [0.5, 0.6) is 0 Å². The molecule has 0 aromatic heterocycles. The molecule has 0 fully saturated rings. The van der Waals surface area contributed by atoms with Gasteiger partial charge in [-0.25, -0.2) is 0 Å². The van der Waals surface area contributed by atoms with Crippen molar-refractivity contribution in [1.29, 1.82) is 0 Å². The van der Waals surface area contributed by atoms with Gasteiger partial charge in [0.25, 0.3) is 11.8 Å². The molecule has 3 amide bonds. The topological polar surface area (TPSA) is 66.5 Å². The van der Waals surface area contributed by atoms with Crippen LogP contribution < -0.4 is 5.32 Å². The predicted octanol–water partition coefficient (Wildman–Crippen LogP) is 2.97. The largest absolute Gasteiger partial charge is 0.354 e. The van der Waals surface area contributed by atoms with Gasteiger partial charge in [0.05, 0.1) is 11.1 Å². The van der Waals surface area contributed by atoms with E-state index in [1.54, 1.807) is 43.0 Å². The van der Waals surface area contributed by atoms with Gasteiger partial charge in [-0.15, -0.1) is 11.8 Å². The van der Waals surface area contributed by atoms with E-state index >= 15 is 0 Å². The van der Waals surface area contributed by atoms with Crippen LogP contribution in [-0.4, -0.2) is 41.0 Å². The van der Waals surface area contributed by atoms with Gasteiger partial charge < -0.3 is 5.32 Å². The SMILES string of the molecule is C[C@H](C(=O)NCCCSc1ccccc1)N1C(=O)c2ccccc2C1=O. The number of carbonyl (C=O) groups is 3. The number of hydrogen-bond acceptors (Lipinski definition) is 4. The van der Waals surface area contributed by atoms with Gasteiger partial charge >= 0.3 is 0 Å². The second-order valence-electron chi connectivity index (χ2n) is 6.01. The third kappa shape index (κ3) is 3.80. The van der Waals surface area contributed by atoms with Crippen molar-refractivity contribution in [1.82, 2.24) is 10.2 Å². The van der Waals surface area contributed by atoms with Crippen LogP contribution >= 0.6 is 11.8 Å². The van der Waals surface area contributed by atoms with E-state index in [0.717, 1.165) is 17.1 Å². The molecule has 134 valence electrons. The Morgan fingerprint density at radius 2 is 1.58 bits per heavy atom. The quantitative estimate of drug-likeness (QED) is 0.464. The molecule has 5 nitrogen and oxygen atoms in total. The number of hydrogen-bond donors (Lipinski definition) is 1. The first-order valence-corrected chi connectivity index (χ1v) is 9.50. The highest BCUT2D eigenvalue weighted by Gasteiger charge is 2.40. The molecule has 26 heavy (non-hydrogen) atoms. The first-order chi connectivity index (χ1) is 12.6. The average molecular weight is 368 g/mol. The fourth-order valence-corrected chi connectivity index (χ4v) is 3.69. The molecule has 1 N–H and O–H groups in total. The maximum absolute atomic E-state index is 12.4. The van der Waals surface area contributed by atoms with Gasteiger partial charge in [-0.1, -0.05) is 30.3 Å². The lowest BCUT2D eigenvalue weighted by molar-refractivity contribution is -0.124. The van der Waals surface area contributed by atoms with Crippen LogP contribution in [0.15, 0.2) is 59.5 Å². The molecule has 1 atom stereocenters. The maximum Gasteiger partial charge on any atom is 0.262 e. The summed E-state index contributed by atoms with van der Waals surface area (Å²) in [5.74, 6) is -0.254. The van der Waals surface area contributed by atoms with Crippen molar-refractivity contribution in [3.05, 3.63) is 65.7 Å². The minimum Gasteiger partial charge on any atom is -0.354 e. The van der Waals surface area contributed by atoms with Crippen LogP contribution in [0.25, 0.3) is 0 Å². The molecule has 2 aromatic carbocycles. The van der Waals surface area contributed by atoms with Crippen molar-refractivity contribution in [2.75, 3.05) is 12.3 Å². The minimum atomic E-state index is -0.829. The summed E-state index contributed by atoms with van der Waals surface area (Å²) < 4.78 is 0. The zero-order valence-corrected chi connectivity index (χ0v) is 15.3. The first-order valence-electron chi connectivity index (χ1n) is 8.52. The average Bonchev–Trinajstić information content (AvgIpc) is 2.92. The van der Waals surface area contributed by atoms with Crippen LogP contribution in [-0.2, 0) is 4.79 Å². The van der Waals surface area contributed by atoms with E-state index in [2.05, 4.69) is 5.32 Å². The second kappa shape index (κ2) is 8.19. The number of nitrogens with one attached hydrogen (secondary N) is 1. The Morgan fingerprint density at radius 3 is 2.19 bits per heavy atom. The summed E-state index contributed by atoms with van der Waals surface area (Å²) in [6.07, 6.45) is 0.806. The van der Waals surface area contributed by atoms with Gasteiger partial charge in [-0.3, -0.25) is 19.3 Å². The monoisotopic (exact) mass is 368 g/mol. The Morgan fingerprint density at radius 1 is 1.00 bits per heavy atom. The number of imide groups is 1. The van der Waals surface area contributed by atoms with Crippen LogP contribution in [0.1, 0.15) is 34.1 Å². The van der Waals surface area contributed by atoms with Gasteiger partial charge in [-0.2, -0.15) is 0 Å². The van der Waals surface area contributed by atoms with Gasteiger partial charge in [0.2, 0.25) is 5.91 Å². The van der Waals surface area contributed by atoms with Gasteiger partial charge in [0.15, 0.2) is 0 Å². The van der Waals surface area contributed by atoms with Crippen molar-refractivity contribution in [2.24, 2.45) is 0 Å².